The first-order chi connectivity index (χ1) is 8.63. The van der Waals surface area contributed by atoms with Gasteiger partial charge in [-0.1, -0.05) is 12.1 Å². The molecule has 0 aromatic carbocycles. The summed E-state index contributed by atoms with van der Waals surface area (Å²) in [7, 11) is 0. The highest BCUT2D eigenvalue weighted by molar-refractivity contribution is 8.00. The van der Waals surface area contributed by atoms with Crippen molar-refractivity contribution >= 4 is 23.4 Å². The van der Waals surface area contributed by atoms with E-state index in [0.29, 0.717) is 16.9 Å². The SMILES string of the molecule is CC1SCCN(c2ccc(/C(N)=N/O)cn2)C1C. The van der Waals surface area contributed by atoms with Gasteiger partial charge in [0, 0.05) is 35.3 Å². The Kier molecular flexibility index (Phi) is 3.96. The first kappa shape index (κ1) is 13.0. The first-order valence-corrected chi connectivity index (χ1v) is 7.00. The van der Waals surface area contributed by atoms with Crippen molar-refractivity contribution in [2.45, 2.75) is 25.1 Å². The molecule has 2 heterocycles. The fourth-order valence-electron chi connectivity index (χ4n) is 2.02. The summed E-state index contributed by atoms with van der Waals surface area (Å²) in [5.41, 5.74) is 6.15. The van der Waals surface area contributed by atoms with Crippen molar-refractivity contribution < 1.29 is 5.21 Å². The Hall–Kier alpha value is -1.43. The second-order valence-electron chi connectivity index (χ2n) is 4.40. The molecule has 2 atom stereocenters. The molecule has 0 radical (unpaired) electrons. The maximum Gasteiger partial charge on any atom is 0.171 e. The number of nitrogens with two attached hydrogens (primary N) is 1. The van der Waals surface area contributed by atoms with Crippen LogP contribution in [0.1, 0.15) is 19.4 Å². The minimum Gasteiger partial charge on any atom is -0.409 e. The van der Waals surface area contributed by atoms with Crippen LogP contribution in [0, 0.1) is 0 Å². The molecule has 1 fully saturated rings. The van der Waals surface area contributed by atoms with Gasteiger partial charge in [-0.25, -0.2) is 4.98 Å². The quantitative estimate of drug-likeness (QED) is 0.367. The summed E-state index contributed by atoms with van der Waals surface area (Å²) in [6, 6.07) is 4.22. The topological polar surface area (TPSA) is 74.7 Å². The summed E-state index contributed by atoms with van der Waals surface area (Å²) in [6.45, 7) is 5.47. The molecule has 1 aliphatic rings. The van der Waals surface area contributed by atoms with Crippen LogP contribution in [0.2, 0.25) is 0 Å². The number of oxime groups is 1. The highest BCUT2D eigenvalue weighted by atomic mass is 32.2. The summed E-state index contributed by atoms with van der Waals surface area (Å²) in [6.07, 6.45) is 1.64. The van der Waals surface area contributed by atoms with Gasteiger partial charge < -0.3 is 15.8 Å². The van der Waals surface area contributed by atoms with Gasteiger partial charge in [-0.3, -0.25) is 0 Å². The lowest BCUT2D eigenvalue weighted by Crippen LogP contribution is -2.45. The molecule has 0 bridgehead atoms. The second-order valence-corrected chi connectivity index (χ2v) is 5.89. The molecule has 1 aromatic rings. The number of aromatic nitrogens is 1. The van der Waals surface area contributed by atoms with Crippen LogP contribution in [0.3, 0.4) is 0 Å². The van der Waals surface area contributed by atoms with Crippen LogP contribution >= 0.6 is 11.8 Å². The minimum absolute atomic E-state index is 0.0877. The van der Waals surface area contributed by atoms with Gasteiger partial charge in [-0.2, -0.15) is 11.8 Å². The van der Waals surface area contributed by atoms with Crippen molar-refractivity contribution in [2.75, 3.05) is 17.2 Å². The molecule has 5 nitrogen and oxygen atoms in total. The number of hydrogen-bond acceptors (Lipinski definition) is 5. The molecule has 1 saturated heterocycles. The van der Waals surface area contributed by atoms with Crippen molar-refractivity contribution in [1.82, 2.24) is 4.98 Å². The third-order valence-electron chi connectivity index (χ3n) is 3.33. The fraction of sp³-hybridized carbons (Fsp3) is 0.500. The van der Waals surface area contributed by atoms with E-state index in [1.807, 2.05) is 23.9 Å². The smallest absolute Gasteiger partial charge is 0.171 e. The van der Waals surface area contributed by atoms with E-state index in [1.54, 1.807) is 6.20 Å². The number of nitrogens with zero attached hydrogens (tertiary/aromatic N) is 3. The maximum atomic E-state index is 8.61. The summed E-state index contributed by atoms with van der Waals surface area (Å²) in [5, 5.41) is 12.2. The number of hydrogen-bond donors (Lipinski definition) is 2. The zero-order valence-corrected chi connectivity index (χ0v) is 11.4. The van der Waals surface area contributed by atoms with E-state index in [-0.39, 0.29) is 5.84 Å². The third-order valence-corrected chi connectivity index (χ3v) is 4.67. The van der Waals surface area contributed by atoms with Crippen LogP contribution in [-0.2, 0) is 0 Å². The summed E-state index contributed by atoms with van der Waals surface area (Å²) in [5.74, 6) is 2.16. The Morgan fingerprint density at radius 2 is 2.33 bits per heavy atom. The average molecular weight is 266 g/mol. The number of anilines is 1. The van der Waals surface area contributed by atoms with Crippen molar-refractivity contribution in [3.8, 4) is 0 Å². The molecule has 18 heavy (non-hydrogen) atoms. The van der Waals surface area contributed by atoms with Crippen LogP contribution < -0.4 is 10.6 Å². The lowest BCUT2D eigenvalue weighted by molar-refractivity contribution is 0.318. The van der Waals surface area contributed by atoms with E-state index in [1.165, 1.54) is 0 Å². The van der Waals surface area contributed by atoms with Crippen LogP contribution in [-0.4, -0.2) is 39.6 Å². The Morgan fingerprint density at radius 3 is 2.94 bits per heavy atom. The molecule has 1 aliphatic heterocycles. The summed E-state index contributed by atoms with van der Waals surface area (Å²) in [4.78, 5) is 6.70. The van der Waals surface area contributed by atoms with Crippen molar-refractivity contribution in [1.29, 1.82) is 0 Å². The predicted molar refractivity (Wildman–Crippen MR) is 75.5 cm³/mol. The lowest BCUT2D eigenvalue weighted by Gasteiger charge is -2.38. The molecule has 0 saturated carbocycles. The summed E-state index contributed by atoms with van der Waals surface area (Å²) >= 11 is 1.99. The fourth-order valence-corrected chi connectivity index (χ4v) is 3.12. The Bertz CT molecular complexity index is 434. The molecular weight excluding hydrogens is 248 g/mol. The molecule has 0 amide bonds. The third kappa shape index (κ3) is 2.53. The van der Waals surface area contributed by atoms with Crippen LogP contribution in [0.15, 0.2) is 23.5 Å². The molecular formula is C12H18N4OS. The van der Waals surface area contributed by atoms with Gasteiger partial charge in [0.1, 0.15) is 5.82 Å². The highest BCUT2D eigenvalue weighted by Gasteiger charge is 2.25. The van der Waals surface area contributed by atoms with Gasteiger partial charge in [0.05, 0.1) is 0 Å². The van der Waals surface area contributed by atoms with Crippen LogP contribution in [0.5, 0.6) is 0 Å². The van der Waals surface area contributed by atoms with Gasteiger partial charge in [-0.15, -0.1) is 0 Å². The molecule has 6 heteroatoms. The summed E-state index contributed by atoms with van der Waals surface area (Å²) < 4.78 is 0. The molecule has 98 valence electrons. The van der Waals surface area contributed by atoms with E-state index in [2.05, 4.69) is 28.9 Å². The van der Waals surface area contributed by atoms with E-state index < -0.39 is 0 Å². The maximum absolute atomic E-state index is 8.61. The zero-order valence-electron chi connectivity index (χ0n) is 10.6. The average Bonchev–Trinajstić information content (AvgIpc) is 2.41. The van der Waals surface area contributed by atoms with Crippen molar-refractivity contribution in [3.63, 3.8) is 0 Å². The van der Waals surface area contributed by atoms with Gasteiger partial charge in [0.2, 0.25) is 0 Å². The number of thioether (sulfide) groups is 1. The number of rotatable bonds is 2. The van der Waals surface area contributed by atoms with Crippen molar-refractivity contribution in [2.24, 2.45) is 10.9 Å². The molecule has 3 N–H and O–H groups in total. The Morgan fingerprint density at radius 1 is 1.56 bits per heavy atom. The number of pyridine rings is 1. The lowest BCUT2D eigenvalue weighted by atomic mass is 10.2. The first-order valence-electron chi connectivity index (χ1n) is 5.95. The predicted octanol–water partition coefficient (Wildman–Crippen LogP) is 1.51. The van der Waals surface area contributed by atoms with Gasteiger partial charge in [0.15, 0.2) is 5.84 Å². The Balaban J connectivity index is 2.19. The molecule has 0 spiro atoms. The van der Waals surface area contributed by atoms with Crippen molar-refractivity contribution in [3.05, 3.63) is 23.9 Å². The molecule has 0 aliphatic carbocycles. The zero-order chi connectivity index (χ0) is 13.1. The molecule has 2 rings (SSSR count). The molecule has 1 aromatic heterocycles. The van der Waals surface area contributed by atoms with Crippen LogP contribution in [0.25, 0.3) is 0 Å². The van der Waals surface area contributed by atoms with Crippen LogP contribution in [0.4, 0.5) is 5.82 Å². The number of amidine groups is 1. The van der Waals surface area contributed by atoms with E-state index in [4.69, 9.17) is 10.9 Å². The molecule has 2 unspecified atom stereocenters. The van der Waals surface area contributed by atoms with E-state index in [0.717, 1.165) is 18.1 Å². The highest BCUT2D eigenvalue weighted by Crippen LogP contribution is 2.27. The van der Waals surface area contributed by atoms with E-state index >= 15 is 0 Å². The Labute approximate surface area is 111 Å². The van der Waals surface area contributed by atoms with Gasteiger partial charge >= 0.3 is 0 Å². The normalized spacial score (nSPS) is 25.2. The standard InChI is InChI=1S/C12H18N4OS/c1-8-9(2)18-6-5-16(8)11-4-3-10(7-14-11)12(13)15-17/h3-4,7-9,17H,5-6H2,1-2H3,(H2,13,15). The van der Waals surface area contributed by atoms with Gasteiger partial charge in [0.25, 0.3) is 0 Å². The monoisotopic (exact) mass is 266 g/mol. The van der Waals surface area contributed by atoms with E-state index in [9.17, 15) is 0 Å². The largest absolute Gasteiger partial charge is 0.409 e. The minimum atomic E-state index is 0.0877. The second kappa shape index (κ2) is 5.48. The van der Waals surface area contributed by atoms with Gasteiger partial charge in [-0.05, 0) is 19.1 Å².